The summed E-state index contributed by atoms with van der Waals surface area (Å²) >= 11 is 1.11. The van der Waals surface area contributed by atoms with Crippen LogP contribution in [0.25, 0.3) is 0 Å². The summed E-state index contributed by atoms with van der Waals surface area (Å²) in [4.78, 5) is 24.6. The molecule has 184 valence electrons. The Morgan fingerprint density at radius 2 is 1.97 bits per heavy atom. The van der Waals surface area contributed by atoms with Crippen LogP contribution in [0.3, 0.4) is 0 Å². The maximum Gasteiger partial charge on any atom is 0.265 e. The molecule has 0 saturated carbocycles. The van der Waals surface area contributed by atoms with E-state index in [-0.39, 0.29) is 16.9 Å². The third-order valence-corrected chi connectivity index (χ3v) is 5.93. The van der Waals surface area contributed by atoms with Crippen LogP contribution < -0.4 is 14.9 Å². The van der Waals surface area contributed by atoms with Gasteiger partial charge in [-0.3, -0.25) is 9.52 Å². The Hall–Kier alpha value is -2.28. The lowest BCUT2D eigenvalue weighted by Crippen LogP contribution is -2.40. The molecule has 0 aromatic carbocycles. The fourth-order valence-corrected chi connectivity index (χ4v) is 4.21. The van der Waals surface area contributed by atoms with Gasteiger partial charge in [0.2, 0.25) is 0 Å². The van der Waals surface area contributed by atoms with E-state index in [0.29, 0.717) is 22.3 Å². The molecule has 1 aliphatic heterocycles. The topological polar surface area (TPSA) is 69.6 Å². The Bertz CT molecular complexity index is 870. The molecule has 33 heavy (non-hydrogen) atoms. The fourth-order valence-electron chi connectivity index (χ4n) is 3.66. The SMILES string of the molecule is C=C/C(=N\C(=C)NC)SNC(=O)c1ccc(C(C)(C)C)nc1N1CC(C)CC1(C)C.CCC. The van der Waals surface area contributed by atoms with Crippen molar-refractivity contribution in [3.05, 3.63) is 48.4 Å². The smallest absolute Gasteiger partial charge is 0.265 e. The summed E-state index contributed by atoms with van der Waals surface area (Å²) in [6, 6.07) is 3.83. The predicted octanol–water partition coefficient (Wildman–Crippen LogP) is 6.07. The van der Waals surface area contributed by atoms with Gasteiger partial charge in [0.25, 0.3) is 5.91 Å². The van der Waals surface area contributed by atoms with E-state index in [2.05, 4.69) is 88.5 Å². The van der Waals surface area contributed by atoms with Gasteiger partial charge in [0.1, 0.15) is 16.7 Å². The zero-order valence-corrected chi connectivity index (χ0v) is 22.8. The molecule has 0 spiro atoms. The van der Waals surface area contributed by atoms with Crippen molar-refractivity contribution in [3.8, 4) is 0 Å². The first-order chi connectivity index (χ1) is 15.3. The van der Waals surface area contributed by atoms with Crippen molar-refractivity contribution in [2.75, 3.05) is 18.5 Å². The molecule has 1 fully saturated rings. The third-order valence-electron chi connectivity index (χ3n) is 5.17. The van der Waals surface area contributed by atoms with Gasteiger partial charge in [-0.25, -0.2) is 9.98 Å². The minimum atomic E-state index is -0.206. The molecule has 1 unspecified atom stereocenters. The van der Waals surface area contributed by atoms with E-state index < -0.39 is 0 Å². The van der Waals surface area contributed by atoms with E-state index in [1.165, 1.54) is 6.42 Å². The minimum absolute atomic E-state index is 0.0661. The highest BCUT2D eigenvalue weighted by molar-refractivity contribution is 8.13. The average molecular weight is 474 g/mol. The Morgan fingerprint density at radius 3 is 2.42 bits per heavy atom. The number of carbonyl (C=O) groups is 1. The number of amides is 1. The summed E-state index contributed by atoms with van der Waals surface area (Å²) in [5.41, 5.74) is 1.36. The van der Waals surface area contributed by atoms with Crippen LogP contribution in [0.1, 0.15) is 84.3 Å². The Morgan fingerprint density at radius 1 is 1.36 bits per heavy atom. The lowest BCUT2D eigenvalue weighted by Gasteiger charge is -2.34. The summed E-state index contributed by atoms with van der Waals surface area (Å²) in [6.45, 7) is 25.7. The second-order valence-electron chi connectivity index (χ2n) is 10.1. The molecular weight excluding hydrogens is 430 g/mol. The van der Waals surface area contributed by atoms with Crippen LogP contribution in [0, 0.1) is 5.92 Å². The number of rotatable bonds is 5. The quantitative estimate of drug-likeness (QED) is 0.308. The van der Waals surface area contributed by atoms with Crippen molar-refractivity contribution in [1.29, 1.82) is 0 Å². The van der Waals surface area contributed by atoms with E-state index in [4.69, 9.17) is 4.98 Å². The number of nitrogens with one attached hydrogen (secondary N) is 2. The molecule has 0 radical (unpaired) electrons. The van der Waals surface area contributed by atoms with Crippen molar-refractivity contribution in [1.82, 2.24) is 15.0 Å². The molecule has 0 bridgehead atoms. The van der Waals surface area contributed by atoms with Gasteiger partial charge in [0.15, 0.2) is 0 Å². The third kappa shape index (κ3) is 8.22. The van der Waals surface area contributed by atoms with Crippen LogP contribution in [-0.2, 0) is 5.41 Å². The highest BCUT2D eigenvalue weighted by Crippen LogP contribution is 2.38. The molecule has 6 nitrogen and oxygen atoms in total. The molecule has 1 aromatic rings. The van der Waals surface area contributed by atoms with Crippen LogP contribution in [0.4, 0.5) is 5.82 Å². The van der Waals surface area contributed by atoms with Crippen molar-refractivity contribution >= 4 is 28.7 Å². The second-order valence-corrected chi connectivity index (χ2v) is 11.0. The van der Waals surface area contributed by atoms with Crippen LogP contribution in [0.5, 0.6) is 0 Å². The Kier molecular flexibility index (Phi) is 10.7. The number of hydrogen-bond donors (Lipinski definition) is 2. The average Bonchev–Trinajstić information content (AvgIpc) is 3.01. The van der Waals surface area contributed by atoms with Crippen molar-refractivity contribution < 1.29 is 4.79 Å². The number of aromatic nitrogens is 1. The molecule has 2 rings (SSSR count). The number of anilines is 1. The van der Waals surface area contributed by atoms with Gasteiger partial charge in [0.05, 0.1) is 5.56 Å². The Labute approximate surface area is 205 Å². The van der Waals surface area contributed by atoms with Crippen LogP contribution in [-0.4, -0.2) is 35.1 Å². The molecular formula is C26H43N5OS. The minimum Gasteiger partial charge on any atom is -0.374 e. The summed E-state index contributed by atoms with van der Waals surface area (Å²) in [7, 11) is 1.74. The van der Waals surface area contributed by atoms with Gasteiger partial charge in [-0.05, 0) is 44.4 Å². The van der Waals surface area contributed by atoms with Gasteiger partial charge in [0, 0.05) is 42.2 Å². The normalized spacial score (nSPS) is 17.7. The number of nitrogens with zero attached hydrogens (tertiary/aromatic N) is 3. The standard InChI is InChI=1S/C23H35N5OS.C3H8/c1-10-19(25-16(3)24-9)30-27-21(29)17-11-12-18(22(4,5)6)26-20(17)28-14-15(2)13-23(28,7)8;1-3-2/h10-12,15,24H,1,3,13-14H2,2,4-9H3,(H,27,29);3H2,1-2H3/b25-19+;. The zero-order chi connectivity index (χ0) is 25.4. The lowest BCUT2D eigenvalue weighted by molar-refractivity contribution is 0.0984. The predicted molar refractivity (Wildman–Crippen MR) is 145 cm³/mol. The van der Waals surface area contributed by atoms with Crippen molar-refractivity contribution in [3.63, 3.8) is 0 Å². The number of hydrogen-bond acceptors (Lipinski definition) is 6. The van der Waals surface area contributed by atoms with Gasteiger partial charge in [-0.2, -0.15) is 0 Å². The van der Waals surface area contributed by atoms with Crippen LogP contribution in [0.2, 0.25) is 0 Å². The van der Waals surface area contributed by atoms with Gasteiger partial charge in [-0.15, -0.1) is 0 Å². The molecule has 0 aliphatic carbocycles. The van der Waals surface area contributed by atoms with E-state index in [0.717, 1.165) is 36.4 Å². The first kappa shape index (κ1) is 28.8. The molecule has 1 amide bonds. The van der Waals surface area contributed by atoms with Crippen molar-refractivity contribution in [2.45, 2.75) is 79.2 Å². The van der Waals surface area contributed by atoms with E-state index in [1.54, 1.807) is 13.1 Å². The van der Waals surface area contributed by atoms with Gasteiger partial charge in [-0.1, -0.05) is 61.1 Å². The first-order valence-electron chi connectivity index (χ1n) is 11.6. The lowest BCUT2D eigenvalue weighted by atomic mass is 9.91. The van der Waals surface area contributed by atoms with E-state index in [1.807, 2.05) is 12.1 Å². The summed E-state index contributed by atoms with van der Waals surface area (Å²) in [5, 5.41) is 3.41. The largest absolute Gasteiger partial charge is 0.374 e. The molecule has 2 heterocycles. The van der Waals surface area contributed by atoms with Crippen LogP contribution >= 0.6 is 11.9 Å². The Balaban J connectivity index is 0.00000172. The first-order valence-corrected chi connectivity index (χ1v) is 12.5. The molecule has 1 saturated heterocycles. The fraction of sp³-hybridized carbons (Fsp3) is 0.577. The van der Waals surface area contributed by atoms with Gasteiger partial charge >= 0.3 is 0 Å². The molecule has 2 N–H and O–H groups in total. The monoisotopic (exact) mass is 473 g/mol. The molecule has 1 aliphatic rings. The van der Waals surface area contributed by atoms with Crippen molar-refractivity contribution in [2.24, 2.45) is 10.9 Å². The summed E-state index contributed by atoms with van der Waals surface area (Å²) < 4.78 is 2.88. The maximum atomic E-state index is 13.1. The number of aliphatic imine (C=N–C) groups is 1. The van der Waals surface area contributed by atoms with E-state index >= 15 is 0 Å². The highest BCUT2D eigenvalue weighted by atomic mass is 32.2. The van der Waals surface area contributed by atoms with Crippen LogP contribution in [0.15, 0.2) is 42.2 Å². The second kappa shape index (κ2) is 12.3. The molecule has 7 heteroatoms. The zero-order valence-electron chi connectivity index (χ0n) is 22.0. The maximum absolute atomic E-state index is 13.1. The van der Waals surface area contributed by atoms with Gasteiger partial charge < -0.3 is 10.2 Å². The number of pyridine rings is 1. The number of carbonyl (C=O) groups excluding carboxylic acids is 1. The summed E-state index contributed by atoms with van der Waals surface area (Å²) in [5.74, 6) is 1.57. The summed E-state index contributed by atoms with van der Waals surface area (Å²) in [6.07, 6.45) is 3.89. The molecule has 1 atom stereocenters. The highest BCUT2D eigenvalue weighted by Gasteiger charge is 2.39. The van der Waals surface area contributed by atoms with E-state index in [9.17, 15) is 4.79 Å². The molecule has 1 aromatic heterocycles.